The van der Waals surface area contributed by atoms with Crippen molar-refractivity contribution in [3.05, 3.63) is 22.6 Å². The summed E-state index contributed by atoms with van der Waals surface area (Å²) < 4.78 is 11.5. The van der Waals surface area contributed by atoms with Crippen LogP contribution in [0.4, 0.5) is 0 Å². The topological polar surface area (TPSA) is 37.6 Å². The van der Waals surface area contributed by atoms with E-state index in [4.69, 9.17) is 9.15 Å². The first-order valence-corrected chi connectivity index (χ1v) is 5.89. The summed E-state index contributed by atoms with van der Waals surface area (Å²) in [5.74, 6) is 0.938. The SMILES string of the molecule is CC(NN1CCOCC1)c1ccc(Br)o1. The largest absolute Gasteiger partial charge is 0.453 e. The maximum atomic E-state index is 5.48. The minimum absolute atomic E-state index is 0.189. The smallest absolute Gasteiger partial charge is 0.169 e. The third-order valence-electron chi connectivity index (χ3n) is 2.41. The van der Waals surface area contributed by atoms with Crippen LogP contribution in [0.2, 0.25) is 0 Å². The van der Waals surface area contributed by atoms with Gasteiger partial charge in [0.15, 0.2) is 4.67 Å². The van der Waals surface area contributed by atoms with Gasteiger partial charge in [0.2, 0.25) is 0 Å². The Kier molecular flexibility index (Phi) is 3.80. The quantitative estimate of drug-likeness (QED) is 0.914. The molecule has 0 bridgehead atoms. The Hall–Kier alpha value is -0.360. The lowest BCUT2D eigenvalue weighted by atomic mass is 10.3. The van der Waals surface area contributed by atoms with Gasteiger partial charge in [0.25, 0.3) is 0 Å². The van der Waals surface area contributed by atoms with Crippen LogP contribution in [-0.2, 0) is 4.74 Å². The normalized spacial score (nSPS) is 20.4. The molecular formula is C10H15BrN2O2. The molecule has 1 aliphatic rings. The number of nitrogens with one attached hydrogen (secondary N) is 1. The fraction of sp³-hybridized carbons (Fsp3) is 0.600. The molecule has 1 aromatic rings. The second-order valence-corrected chi connectivity index (χ2v) is 4.37. The van der Waals surface area contributed by atoms with Crippen LogP contribution in [0.3, 0.4) is 0 Å². The number of nitrogens with zero attached hydrogens (tertiary/aromatic N) is 1. The van der Waals surface area contributed by atoms with Crippen LogP contribution >= 0.6 is 15.9 Å². The summed E-state index contributed by atoms with van der Waals surface area (Å²) in [6, 6.07) is 4.07. The Morgan fingerprint density at radius 1 is 1.40 bits per heavy atom. The highest BCUT2D eigenvalue weighted by atomic mass is 79.9. The van der Waals surface area contributed by atoms with Gasteiger partial charge in [0.05, 0.1) is 19.3 Å². The standard InChI is InChI=1S/C10H15BrN2O2/c1-8(9-2-3-10(11)15-9)12-13-4-6-14-7-5-13/h2-3,8,12H,4-7H2,1H3. The van der Waals surface area contributed by atoms with E-state index in [2.05, 4.69) is 33.3 Å². The molecule has 2 rings (SSSR count). The molecule has 0 spiro atoms. The molecule has 15 heavy (non-hydrogen) atoms. The van der Waals surface area contributed by atoms with E-state index in [0.717, 1.165) is 36.7 Å². The average Bonchev–Trinajstić information content (AvgIpc) is 2.66. The molecule has 4 nitrogen and oxygen atoms in total. The van der Waals surface area contributed by atoms with Crippen LogP contribution in [0.5, 0.6) is 0 Å². The Morgan fingerprint density at radius 2 is 2.13 bits per heavy atom. The van der Waals surface area contributed by atoms with Crippen LogP contribution in [0.25, 0.3) is 0 Å². The average molecular weight is 275 g/mol. The summed E-state index contributed by atoms with van der Waals surface area (Å²) in [6.07, 6.45) is 0. The van der Waals surface area contributed by atoms with Crippen LogP contribution < -0.4 is 5.43 Å². The number of furan rings is 1. The van der Waals surface area contributed by atoms with Gasteiger partial charge in [-0.15, -0.1) is 0 Å². The van der Waals surface area contributed by atoms with Crippen LogP contribution in [-0.4, -0.2) is 31.3 Å². The van der Waals surface area contributed by atoms with Gasteiger partial charge >= 0.3 is 0 Å². The lowest BCUT2D eigenvalue weighted by Crippen LogP contribution is -2.46. The fourth-order valence-corrected chi connectivity index (χ4v) is 1.91. The molecule has 1 unspecified atom stereocenters. The monoisotopic (exact) mass is 274 g/mol. The highest BCUT2D eigenvalue weighted by Gasteiger charge is 2.15. The number of halogens is 1. The Labute approximate surface area is 97.7 Å². The summed E-state index contributed by atoms with van der Waals surface area (Å²) in [5.41, 5.74) is 3.39. The molecule has 0 amide bonds. The number of hydrazine groups is 1. The van der Waals surface area contributed by atoms with Crippen molar-refractivity contribution >= 4 is 15.9 Å². The van der Waals surface area contributed by atoms with Gasteiger partial charge in [0, 0.05) is 13.1 Å². The molecule has 0 radical (unpaired) electrons. The Balaban J connectivity index is 1.88. The highest BCUT2D eigenvalue weighted by molar-refractivity contribution is 9.10. The lowest BCUT2D eigenvalue weighted by molar-refractivity contribution is 0.00313. The van der Waals surface area contributed by atoms with Gasteiger partial charge in [-0.3, -0.25) is 0 Å². The van der Waals surface area contributed by atoms with Gasteiger partial charge in [-0.1, -0.05) is 0 Å². The number of hydrogen-bond donors (Lipinski definition) is 1. The predicted octanol–water partition coefficient (Wildman–Crippen LogP) is 1.94. The van der Waals surface area contributed by atoms with E-state index in [1.165, 1.54) is 0 Å². The molecule has 2 heterocycles. The summed E-state index contributed by atoms with van der Waals surface area (Å²) >= 11 is 3.30. The molecule has 0 saturated carbocycles. The zero-order valence-corrected chi connectivity index (χ0v) is 10.3. The van der Waals surface area contributed by atoms with Crippen molar-refractivity contribution in [1.29, 1.82) is 0 Å². The van der Waals surface area contributed by atoms with Crippen LogP contribution in [0, 0.1) is 0 Å². The molecule has 1 saturated heterocycles. The first-order valence-electron chi connectivity index (χ1n) is 5.10. The molecular weight excluding hydrogens is 260 g/mol. The van der Waals surface area contributed by atoms with E-state index < -0.39 is 0 Å². The van der Waals surface area contributed by atoms with Crippen molar-refractivity contribution in [3.63, 3.8) is 0 Å². The van der Waals surface area contributed by atoms with Gasteiger partial charge in [-0.25, -0.2) is 10.4 Å². The van der Waals surface area contributed by atoms with E-state index in [1.54, 1.807) is 0 Å². The molecule has 1 aliphatic heterocycles. The summed E-state index contributed by atoms with van der Waals surface area (Å²) in [7, 11) is 0. The number of hydrogen-bond acceptors (Lipinski definition) is 4. The summed E-state index contributed by atoms with van der Waals surface area (Å²) in [5, 5.41) is 2.17. The predicted molar refractivity (Wildman–Crippen MR) is 60.4 cm³/mol. The van der Waals surface area contributed by atoms with Gasteiger partial charge in [0.1, 0.15) is 5.76 Å². The van der Waals surface area contributed by atoms with E-state index in [-0.39, 0.29) is 6.04 Å². The van der Waals surface area contributed by atoms with Gasteiger partial charge in [-0.05, 0) is 35.0 Å². The van der Waals surface area contributed by atoms with E-state index in [1.807, 2.05) is 12.1 Å². The lowest BCUT2D eigenvalue weighted by Gasteiger charge is -2.29. The van der Waals surface area contributed by atoms with Gasteiger partial charge in [-0.2, -0.15) is 0 Å². The maximum Gasteiger partial charge on any atom is 0.169 e. The molecule has 1 N–H and O–H groups in total. The van der Waals surface area contributed by atoms with Crippen molar-refractivity contribution in [1.82, 2.24) is 10.4 Å². The van der Waals surface area contributed by atoms with Gasteiger partial charge < -0.3 is 9.15 Å². The molecule has 1 fully saturated rings. The van der Waals surface area contributed by atoms with E-state index >= 15 is 0 Å². The second-order valence-electron chi connectivity index (χ2n) is 3.59. The minimum Gasteiger partial charge on any atom is -0.453 e. The first kappa shape index (κ1) is 11.1. The highest BCUT2D eigenvalue weighted by Crippen LogP contribution is 2.20. The molecule has 1 atom stereocenters. The molecule has 84 valence electrons. The van der Waals surface area contributed by atoms with Crippen molar-refractivity contribution in [2.75, 3.05) is 26.3 Å². The Morgan fingerprint density at radius 3 is 2.73 bits per heavy atom. The minimum atomic E-state index is 0.189. The number of ether oxygens (including phenoxy) is 1. The zero-order chi connectivity index (χ0) is 10.7. The van der Waals surface area contributed by atoms with Crippen molar-refractivity contribution < 1.29 is 9.15 Å². The number of morpholine rings is 1. The van der Waals surface area contributed by atoms with E-state index in [0.29, 0.717) is 0 Å². The van der Waals surface area contributed by atoms with Crippen molar-refractivity contribution in [2.24, 2.45) is 0 Å². The zero-order valence-electron chi connectivity index (χ0n) is 8.70. The van der Waals surface area contributed by atoms with Crippen LogP contribution in [0.15, 0.2) is 21.2 Å². The Bertz CT molecular complexity index is 310. The third kappa shape index (κ3) is 3.04. The maximum absolute atomic E-state index is 5.48. The fourth-order valence-electron chi connectivity index (χ4n) is 1.59. The third-order valence-corrected chi connectivity index (χ3v) is 2.83. The molecule has 1 aromatic heterocycles. The summed E-state index contributed by atoms with van der Waals surface area (Å²) in [6.45, 7) is 5.52. The molecule has 0 aromatic carbocycles. The van der Waals surface area contributed by atoms with Crippen molar-refractivity contribution in [2.45, 2.75) is 13.0 Å². The molecule has 5 heteroatoms. The summed E-state index contributed by atoms with van der Waals surface area (Å²) in [4.78, 5) is 0. The second kappa shape index (κ2) is 5.12. The first-order chi connectivity index (χ1) is 7.25. The van der Waals surface area contributed by atoms with Crippen LogP contribution in [0.1, 0.15) is 18.7 Å². The van der Waals surface area contributed by atoms with E-state index in [9.17, 15) is 0 Å². The number of rotatable bonds is 3. The molecule has 0 aliphatic carbocycles. The van der Waals surface area contributed by atoms with Crippen molar-refractivity contribution in [3.8, 4) is 0 Å².